The molecular weight excluding hydrogens is 545 g/mol. The van der Waals surface area contributed by atoms with Crippen LogP contribution >= 0.6 is 22.6 Å². The lowest BCUT2D eigenvalue weighted by Gasteiger charge is -2.44. The summed E-state index contributed by atoms with van der Waals surface area (Å²) in [5.41, 5.74) is 7.70. The van der Waals surface area contributed by atoms with Crippen LogP contribution in [-0.2, 0) is 0 Å². The van der Waals surface area contributed by atoms with Crippen molar-refractivity contribution in [3.05, 3.63) is 93.7 Å². The molecule has 0 saturated carbocycles. The fourth-order valence-electron chi connectivity index (χ4n) is 5.61. The third-order valence-corrected chi connectivity index (χ3v) is 8.08. The van der Waals surface area contributed by atoms with E-state index in [1.165, 1.54) is 37.1 Å². The van der Waals surface area contributed by atoms with Gasteiger partial charge in [-0.3, -0.25) is 14.8 Å². The van der Waals surface area contributed by atoms with Crippen LogP contribution in [0.5, 0.6) is 0 Å². The van der Waals surface area contributed by atoms with E-state index in [0.717, 1.165) is 44.8 Å². The van der Waals surface area contributed by atoms with Crippen LogP contribution < -0.4 is 10.2 Å². The SMILES string of the molecule is CN1c2ccccc2C(N2CCN(CCNc3ccnc4cc(I)ccc34)CC2)c2ccccc21. The monoisotopic (exact) mass is 575 g/mol. The molecule has 1 saturated heterocycles. The number of anilines is 3. The number of para-hydroxylation sites is 2. The lowest BCUT2D eigenvalue weighted by atomic mass is 9.89. The van der Waals surface area contributed by atoms with Gasteiger partial charge in [-0.2, -0.15) is 0 Å². The number of pyridine rings is 1. The maximum absolute atomic E-state index is 4.53. The second kappa shape index (κ2) is 9.76. The van der Waals surface area contributed by atoms with Gasteiger partial charge in [-0.15, -0.1) is 0 Å². The van der Waals surface area contributed by atoms with Gasteiger partial charge >= 0.3 is 0 Å². The molecule has 0 unspecified atom stereocenters. The van der Waals surface area contributed by atoms with E-state index in [-0.39, 0.29) is 0 Å². The second-order valence-electron chi connectivity index (χ2n) is 9.40. The average molecular weight is 575 g/mol. The molecule has 1 aromatic heterocycles. The number of piperazine rings is 1. The van der Waals surface area contributed by atoms with Gasteiger partial charge in [-0.05, 0) is 70.1 Å². The quantitative estimate of drug-likeness (QED) is 0.307. The zero-order chi connectivity index (χ0) is 23.8. The standard InChI is InChI=1S/C29H30IN5/c1-33-27-8-4-2-6-23(27)29(24-7-3-5-9-28(24)33)35-18-16-34(17-19-35)15-14-32-25-12-13-31-26-20-21(30)10-11-22(25)26/h2-13,20,29H,14-19H2,1H3,(H,31,32). The second-order valence-corrected chi connectivity index (χ2v) is 10.6. The maximum Gasteiger partial charge on any atom is 0.0733 e. The number of halogens is 1. The Bertz CT molecular complexity index is 1300. The highest BCUT2D eigenvalue weighted by atomic mass is 127. The number of aromatic nitrogens is 1. The zero-order valence-electron chi connectivity index (χ0n) is 20.0. The molecule has 0 aliphatic carbocycles. The molecule has 2 aliphatic rings. The first kappa shape index (κ1) is 22.8. The Hall–Kier alpha value is -2.68. The minimum absolute atomic E-state index is 0.324. The Morgan fingerprint density at radius 2 is 1.57 bits per heavy atom. The van der Waals surface area contributed by atoms with Crippen LogP contribution in [0, 0.1) is 3.57 Å². The van der Waals surface area contributed by atoms with Crippen molar-refractivity contribution in [2.45, 2.75) is 6.04 Å². The van der Waals surface area contributed by atoms with Crippen molar-refractivity contribution in [1.82, 2.24) is 14.8 Å². The molecule has 178 valence electrons. The number of fused-ring (bicyclic) bond motifs is 3. The van der Waals surface area contributed by atoms with Gasteiger partial charge in [0.15, 0.2) is 0 Å². The highest BCUT2D eigenvalue weighted by Gasteiger charge is 2.33. The summed E-state index contributed by atoms with van der Waals surface area (Å²) in [6, 6.07) is 26.6. The topological polar surface area (TPSA) is 34.6 Å². The number of benzene rings is 3. The molecule has 1 N–H and O–H groups in total. The molecule has 6 rings (SSSR count). The van der Waals surface area contributed by atoms with E-state index >= 15 is 0 Å². The lowest BCUT2D eigenvalue weighted by Crippen LogP contribution is -2.49. The molecule has 0 bridgehead atoms. The molecule has 5 nitrogen and oxygen atoms in total. The van der Waals surface area contributed by atoms with Crippen molar-refractivity contribution in [2.24, 2.45) is 0 Å². The first-order valence-corrected chi connectivity index (χ1v) is 13.4. The number of nitrogens with one attached hydrogen (secondary N) is 1. The normalized spacial score (nSPS) is 16.8. The molecular formula is C29H30IN5. The van der Waals surface area contributed by atoms with E-state index < -0.39 is 0 Å². The van der Waals surface area contributed by atoms with Crippen molar-refractivity contribution in [1.29, 1.82) is 0 Å². The van der Waals surface area contributed by atoms with Gasteiger partial charge in [0.25, 0.3) is 0 Å². The molecule has 2 aliphatic heterocycles. The predicted octanol–water partition coefficient (Wildman–Crippen LogP) is 5.74. The summed E-state index contributed by atoms with van der Waals surface area (Å²) in [4.78, 5) is 12.1. The predicted molar refractivity (Wildman–Crippen MR) is 154 cm³/mol. The zero-order valence-corrected chi connectivity index (χ0v) is 22.1. The molecule has 0 spiro atoms. The van der Waals surface area contributed by atoms with Crippen LogP contribution in [0.1, 0.15) is 17.2 Å². The molecule has 3 aromatic carbocycles. The van der Waals surface area contributed by atoms with Crippen molar-refractivity contribution in [2.75, 3.05) is 56.5 Å². The van der Waals surface area contributed by atoms with Crippen LogP contribution in [0.2, 0.25) is 0 Å². The third kappa shape index (κ3) is 4.39. The number of nitrogens with zero attached hydrogens (tertiary/aromatic N) is 4. The summed E-state index contributed by atoms with van der Waals surface area (Å²) in [6.07, 6.45) is 1.90. The number of hydrogen-bond donors (Lipinski definition) is 1. The summed E-state index contributed by atoms with van der Waals surface area (Å²) >= 11 is 2.34. The molecule has 3 heterocycles. The van der Waals surface area contributed by atoms with E-state index in [4.69, 9.17) is 0 Å². The lowest BCUT2D eigenvalue weighted by molar-refractivity contribution is 0.112. The highest BCUT2D eigenvalue weighted by Crippen LogP contribution is 2.46. The summed E-state index contributed by atoms with van der Waals surface area (Å²) in [5.74, 6) is 0. The molecule has 35 heavy (non-hydrogen) atoms. The summed E-state index contributed by atoms with van der Waals surface area (Å²) in [7, 11) is 2.19. The van der Waals surface area contributed by atoms with Crippen LogP contribution in [-0.4, -0.2) is 61.1 Å². The van der Waals surface area contributed by atoms with E-state index in [1.807, 2.05) is 6.20 Å². The van der Waals surface area contributed by atoms with Crippen LogP contribution in [0.3, 0.4) is 0 Å². The molecule has 0 atom stereocenters. The van der Waals surface area contributed by atoms with Gasteiger partial charge in [0, 0.05) is 78.5 Å². The summed E-state index contributed by atoms with van der Waals surface area (Å²) in [6.45, 7) is 6.32. The van der Waals surface area contributed by atoms with E-state index in [2.05, 4.69) is 127 Å². The Balaban J connectivity index is 1.12. The van der Waals surface area contributed by atoms with Crippen LogP contribution in [0.15, 0.2) is 79.0 Å². The van der Waals surface area contributed by atoms with Gasteiger partial charge in [-0.25, -0.2) is 0 Å². The first-order valence-electron chi connectivity index (χ1n) is 12.4. The summed E-state index contributed by atoms with van der Waals surface area (Å²) in [5, 5.41) is 4.85. The van der Waals surface area contributed by atoms with Gasteiger partial charge in [-0.1, -0.05) is 36.4 Å². The van der Waals surface area contributed by atoms with Crippen molar-refractivity contribution >= 4 is 50.6 Å². The third-order valence-electron chi connectivity index (χ3n) is 7.41. The minimum atomic E-state index is 0.324. The first-order chi connectivity index (χ1) is 17.2. The summed E-state index contributed by atoms with van der Waals surface area (Å²) < 4.78 is 1.22. The molecule has 0 radical (unpaired) electrons. The Morgan fingerprint density at radius 1 is 0.886 bits per heavy atom. The minimum Gasteiger partial charge on any atom is -0.383 e. The van der Waals surface area contributed by atoms with Crippen molar-refractivity contribution in [3.8, 4) is 0 Å². The molecule has 1 fully saturated rings. The van der Waals surface area contributed by atoms with E-state index in [1.54, 1.807) is 0 Å². The largest absolute Gasteiger partial charge is 0.383 e. The van der Waals surface area contributed by atoms with E-state index in [9.17, 15) is 0 Å². The molecule has 0 amide bonds. The van der Waals surface area contributed by atoms with Crippen LogP contribution in [0.25, 0.3) is 10.9 Å². The van der Waals surface area contributed by atoms with Crippen molar-refractivity contribution in [3.63, 3.8) is 0 Å². The maximum atomic E-state index is 4.53. The van der Waals surface area contributed by atoms with Gasteiger partial charge < -0.3 is 10.2 Å². The van der Waals surface area contributed by atoms with Gasteiger partial charge in [0.1, 0.15) is 0 Å². The van der Waals surface area contributed by atoms with E-state index in [0.29, 0.717) is 6.04 Å². The number of hydrogen-bond acceptors (Lipinski definition) is 5. The van der Waals surface area contributed by atoms with Crippen LogP contribution in [0.4, 0.5) is 17.1 Å². The fourth-order valence-corrected chi connectivity index (χ4v) is 6.08. The average Bonchev–Trinajstić information content (AvgIpc) is 2.90. The molecule has 4 aromatic rings. The Morgan fingerprint density at radius 3 is 2.29 bits per heavy atom. The van der Waals surface area contributed by atoms with Crippen molar-refractivity contribution < 1.29 is 0 Å². The Labute approximate surface area is 220 Å². The molecule has 6 heteroatoms. The smallest absolute Gasteiger partial charge is 0.0733 e. The number of rotatable bonds is 5. The fraction of sp³-hybridized carbons (Fsp3) is 0.276. The van der Waals surface area contributed by atoms with Gasteiger partial charge in [0.2, 0.25) is 0 Å². The highest BCUT2D eigenvalue weighted by molar-refractivity contribution is 14.1. The van der Waals surface area contributed by atoms with Gasteiger partial charge in [0.05, 0.1) is 11.6 Å². The Kier molecular flexibility index (Phi) is 6.35.